The van der Waals surface area contributed by atoms with Gasteiger partial charge in [0.2, 0.25) is 5.91 Å². The van der Waals surface area contributed by atoms with E-state index in [0.717, 1.165) is 19.4 Å². The van der Waals surface area contributed by atoms with Crippen LogP contribution in [-0.4, -0.2) is 30.7 Å². The molecule has 0 radical (unpaired) electrons. The van der Waals surface area contributed by atoms with E-state index in [-0.39, 0.29) is 30.0 Å². The predicted molar refractivity (Wildman–Crippen MR) is 57.2 cm³/mol. The number of hydrogen-bond acceptors (Lipinski definition) is 3. The van der Waals surface area contributed by atoms with E-state index in [1.807, 2.05) is 13.8 Å². The Morgan fingerprint density at radius 2 is 2.40 bits per heavy atom. The smallest absolute Gasteiger partial charge is 0.223 e. The largest absolute Gasteiger partial charge is 0.376 e. The fourth-order valence-electron chi connectivity index (χ4n) is 2.42. The zero-order valence-corrected chi connectivity index (χ0v) is 9.40. The molecule has 2 rings (SSSR count). The van der Waals surface area contributed by atoms with Gasteiger partial charge in [0.1, 0.15) is 0 Å². The van der Waals surface area contributed by atoms with Gasteiger partial charge in [0.25, 0.3) is 0 Å². The number of nitrogens with one attached hydrogen (secondary N) is 1. The lowest BCUT2D eigenvalue weighted by molar-refractivity contribution is -0.129. The first-order valence-corrected chi connectivity index (χ1v) is 5.82. The van der Waals surface area contributed by atoms with Crippen molar-refractivity contribution in [2.75, 3.05) is 6.61 Å². The maximum Gasteiger partial charge on any atom is 0.223 e. The summed E-state index contributed by atoms with van der Waals surface area (Å²) in [5.41, 5.74) is 6.00. The van der Waals surface area contributed by atoms with Gasteiger partial charge in [-0.1, -0.05) is 13.8 Å². The summed E-state index contributed by atoms with van der Waals surface area (Å²) in [6.45, 7) is 4.74. The van der Waals surface area contributed by atoms with Crippen molar-refractivity contribution in [1.29, 1.82) is 0 Å². The minimum atomic E-state index is 0.0407. The lowest BCUT2D eigenvalue weighted by Gasteiger charge is -2.45. The average Bonchev–Trinajstić information content (AvgIpc) is 2.68. The van der Waals surface area contributed by atoms with Gasteiger partial charge in [0, 0.05) is 24.5 Å². The molecule has 1 amide bonds. The van der Waals surface area contributed by atoms with Crippen LogP contribution >= 0.6 is 0 Å². The number of rotatable bonds is 3. The van der Waals surface area contributed by atoms with Crippen molar-refractivity contribution < 1.29 is 9.53 Å². The van der Waals surface area contributed by atoms with E-state index in [1.165, 1.54) is 0 Å². The number of carbonyl (C=O) groups excluding carboxylic acids is 1. The minimum absolute atomic E-state index is 0.0407. The van der Waals surface area contributed by atoms with E-state index in [9.17, 15) is 4.79 Å². The van der Waals surface area contributed by atoms with Gasteiger partial charge in [-0.3, -0.25) is 4.79 Å². The molecular weight excluding hydrogens is 192 g/mol. The third kappa shape index (κ3) is 1.76. The SMILES string of the molecule is CCC(C)C(=O)NC1C(N)C2CCOC21. The number of fused-ring (bicyclic) bond motifs is 1. The highest BCUT2D eigenvalue weighted by atomic mass is 16.5. The van der Waals surface area contributed by atoms with Crippen molar-refractivity contribution >= 4 is 5.91 Å². The number of hydrogen-bond donors (Lipinski definition) is 2. The minimum Gasteiger partial charge on any atom is -0.376 e. The Morgan fingerprint density at radius 1 is 1.67 bits per heavy atom. The summed E-state index contributed by atoms with van der Waals surface area (Å²) in [5, 5.41) is 3.00. The Kier molecular flexibility index (Phi) is 2.98. The summed E-state index contributed by atoms with van der Waals surface area (Å²) >= 11 is 0. The third-order valence-corrected chi connectivity index (χ3v) is 3.82. The molecule has 86 valence electrons. The zero-order valence-electron chi connectivity index (χ0n) is 9.40. The van der Waals surface area contributed by atoms with Gasteiger partial charge in [-0.15, -0.1) is 0 Å². The lowest BCUT2D eigenvalue weighted by Crippen LogP contribution is -2.69. The van der Waals surface area contributed by atoms with Crippen LogP contribution in [0.4, 0.5) is 0 Å². The Bertz CT molecular complexity index is 257. The Labute approximate surface area is 90.5 Å². The second kappa shape index (κ2) is 4.10. The molecule has 1 heterocycles. The van der Waals surface area contributed by atoms with Gasteiger partial charge in [-0.25, -0.2) is 0 Å². The van der Waals surface area contributed by atoms with Crippen LogP contribution in [0.15, 0.2) is 0 Å². The third-order valence-electron chi connectivity index (χ3n) is 3.82. The molecule has 15 heavy (non-hydrogen) atoms. The molecule has 1 aliphatic carbocycles. The van der Waals surface area contributed by atoms with E-state index in [4.69, 9.17) is 10.5 Å². The molecule has 0 aromatic heterocycles. The molecule has 0 aromatic carbocycles. The van der Waals surface area contributed by atoms with Gasteiger partial charge in [0.05, 0.1) is 12.1 Å². The second-order valence-electron chi connectivity index (χ2n) is 4.71. The van der Waals surface area contributed by atoms with Crippen LogP contribution in [0.3, 0.4) is 0 Å². The highest BCUT2D eigenvalue weighted by Gasteiger charge is 2.52. The van der Waals surface area contributed by atoms with Gasteiger partial charge in [-0.05, 0) is 12.8 Å². The van der Waals surface area contributed by atoms with Crippen LogP contribution in [0.5, 0.6) is 0 Å². The number of nitrogens with two attached hydrogens (primary N) is 1. The molecule has 0 spiro atoms. The van der Waals surface area contributed by atoms with Crippen LogP contribution in [-0.2, 0) is 9.53 Å². The van der Waals surface area contributed by atoms with Crippen molar-refractivity contribution in [1.82, 2.24) is 5.32 Å². The first-order chi connectivity index (χ1) is 7.15. The molecule has 5 unspecified atom stereocenters. The Hall–Kier alpha value is -0.610. The quantitative estimate of drug-likeness (QED) is 0.705. The first-order valence-electron chi connectivity index (χ1n) is 5.82. The normalized spacial score (nSPS) is 40.5. The molecule has 1 aliphatic heterocycles. The summed E-state index contributed by atoms with van der Waals surface area (Å²) < 4.78 is 5.55. The average molecular weight is 212 g/mol. The Balaban J connectivity index is 1.88. The molecule has 5 atom stereocenters. The summed E-state index contributed by atoms with van der Waals surface area (Å²) in [6.07, 6.45) is 2.08. The standard InChI is InChI=1S/C11H20N2O2/c1-3-6(2)11(14)13-9-8(12)7-4-5-15-10(7)9/h6-10H,3-5,12H2,1-2H3,(H,13,14). The van der Waals surface area contributed by atoms with E-state index >= 15 is 0 Å². The van der Waals surface area contributed by atoms with Crippen molar-refractivity contribution in [2.45, 2.75) is 44.9 Å². The van der Waals surface area contributed by atoms with Crippen LogP contribution in [0.2, 0.25) is 0 Å². The van der Waals surface area contributed by atoms with Crippen LogP contribution < -0.4 is 11.1 Å². The molecule has 1 saturated carbocycles. The molecular formula is C11H20N2O2. The highest BCUT2D eigenvalue weighted by molar-refractivity contribution is 5.78. The molecule has 2 fully saturated rings. The first kappa shape index (κ1) is 10.9. The maximum atomic E-state index is 11.7. The zero-order chi connectivity index (χ0) is 11.0. The summed E-state index contributed by atoms with van der Waals surface area (Å²) in [6, 6.07) is 0.129. The molecule has 2 aliphatic rings. The molecule has 4 nitrogen and oxygen atoms in total. The van der Waals surface area contributed by atoms with Crippen molar-refractivity contribution in [3.05, 3.63) is 0 Å². The van der Waals surface area contributed by atoms with E-state index in [2.05, 4.69) is 5.32 Å². The number of carbonyl (C=O) groups is 1. The van der Waals surface area contributed by atoms with Crippen molar-refractivity contribution in [2.24, 2.45) is 17.6 Å². The Morgan fingerprint density at radius 3 is 3.07 bits per heavy atom. The van der Waals surface area contributed by atoms with E-state index < -0.39 is 0 Å². The van der Waals surface area contributed by atoms with Crippen LogP contribution in [0.25, 0.3) is 0 Å². The molecule has 3 N–H and O–H groups in total. The lowest BCUT2D eigenvalue weighted by atomic mass is 9.72. The fourth-order valence-corrected chi connectivity index (χ4v) is 2.42. The molecule has 0 bridgehead atoms. The van der Waals surface area contributed by atoms with Gasteiger partial charge in [0.15, 0.2) is 0 Å². The van der Waals surface area contributed by atoms with Crippen LogP contribution in [0, 0.1) is 11.8 Å². The molecule has 4 heteroatoms. The molecule has 0 aromatic rings. The summed E-state index contributed by atoms with van der Waals surface area (Å²) in [7, 11) is 0. The molecule has 1 saturated heterocycles. The topological polar surface area (TPSA) is 64.4 Å². The number of ether oxygens (including phenoxy) is 1. The van der Waals surface area contributed by atoms with Gasteiger partial charge >= 0.3 is 0 Å². The van der Waals surface area contributed by atoms with Crippen molar-refractivity contribution in [3.63, 3.8) is 0 Å². The van der Waals surface area contributed by atoms with Crippen LogP contribution in [0.1, 0.15) is 26.7 Å². The summed E-state index contributed by atoms with van der Waals surface area (Å²) in [5.74, 6) is 0.636. The predicted octanol–water partition coefficient (Wildman–Crippen LogP) is 0.263. The maximum absolute atomic E-state index is 11.7. The fraction of sp³-hybridized carbons (Fsp3) is 0.909. The highest BCUT2D eigenvalue weighted by Crippen LogP contribution is 2.37. The summed E-state index contributed by atoms with van der Waals surface area (Å²) in [4.78, 5) is 11.7. The van der Waals surface area contributed by atoms with E-state index in [1.54, 1.807) is 0 Å². The van der Waals surface area contributed by atoms with Crippen molar-refractivity contribution in [3.8, 4) is 0 Å². The van der Waals surface area contributed by atoms with E-state index in [0.29, 0.717) is 5.92 Å². The number of amides is 1. The monoisotopic (exact) mass is 212 g/mol. The van der Waals surface area contributed by atoms with Gasteiger partial charge in [-0.2, -0.15) is 0 Å². The second-order valence-corrected chi connectivity index (χ2v) is 4.71. The van der Waals surface area contributed by atoms with Gasteiger partial charge < -0.3 is 15.8 Å².